The normalized spacial score (nSPS) is 13.4. The van der Waals surface area contributed by atoms with Gasteiger partial charge in [-0.05, 0) is 24.3 Å². The van der Waals surface area contributed by atoms with Crippen molar-refractivity contribution >= 4 is 5.91 Å². The molecule has 0 fully saturated rings. The predicted octanol–water partition coefficient (Wildman–Crippen LogP) is 1.88. The number of rotatable bonds is 9. The van der Waals surface area contributed by atoms with E-state index in [1.54, 1.807) is 7.11 Å². The zero-order valence-corrected chi connectivity index (χ0v) is 12.7. The summed E-state index contributed by atoms with van der Waals surface area (Å²) >= 11 is 0. The quantitative estimate of drug-likeness (QED) is 0.687. The average molecular weight is 258 g/mol. The van der Waals surface area contributed by atoms with Crippen molar-refractivity contribution in [2.75, 3.05) is 33.4 Å². The van der Waals surface area contributed by atoms with Crippen LogP contribution in [-0.2, 0) is 9.53 Å². The van der Waals surface area contributed by atoms with Crippen LogP contribution in [0.25, 0.3) is 0 Å². The molecule has 0 spiro atoms. The van der Waals surface area contributed by atoms with E-state index in [9.17, 15) is 4.79 Å². The fraction of sp³-hybridized carbons (Fsp3) is 0.929. The van der Waals surface area contributed by atoms with Gasteiger partial charge in [0.2, 0.25) is 5.91 Å². The van der Waals surface area contributed by atoms with Crippen molar-refractivity contribution in [1.29, 1.82) is 0 Å². The van der Waals surface area contributed by atoms with E-state index in [1.165, 1.54) is 0 Å². The minimum Gasteiger partial charge on any atom is -0.384 e. The molecule has 0 rings (SSSR count). The molecular formula is C14H30N2O2. The Balaban J connectivity index is 4.44. The van der Waals surface area contributed by atoms with Crippen LogP contribution in [0.2, 0.25) is 0 Å². The van der Waals surface area contributed by atoms with E-state index < -0.39 is 0 Å². The Morgan fingerprint density at radius 1 is 1.44 bits per heavy atom. The summed E-state index contributed by atoms with van der Waals surface area (Å²) in [5.74, 6) is 0.478. The van der Waals surface area contributed by atoms with E-state index in [-0.39, 0.29) is 17.2 Å². The summed E-state index contributed by atoms with van der Waals surface area (Å²) in [7, 11) is 1.67. The maximum atomic E-state index is 12.2. The molecule has 2 N–H and O–H groups in total. The number of carbonyl (C=O) groups is 1. The van der Waals surface area contributed by atoms with Crippen molar-refractivity contribution in [3.05, 3.63) is 0 Å². The lowest BCUT2D eigenvalue weighted by Gasteiger charge is -2.32. The van der Waals surface area contributed by atoms with Crippen molar-refractivity contribution in [3.8, 4) is 0 Å². The zero-order chi connectivity index (χ0) is 14.2. The van der Waals surface area contributed by atoms with Crippen molar-refractivity contribution in [1.82, 2.24) is 4.90 Å². The molecule has 1 unspecified atom stereocenters. The number of nitrogens with two attached hydrogens (primary N) is 1. The summed E-state index contributed by atoms with van der Waals surface area (Å²) in [5.41, 5.74) is 5.72. The van der Waals surface area contributed by atoms with Gasteiger partial charge in [0.25, 0.3) is 0 Å². The Morgan fingerprint density at radius 3 is 2.50 bits per heavy atom. The van der Waals surface area contributed by atoms with Gasteiger partial charge in [0.05, 0.1) is 0 Å². The molecule has 4 nitrogen and oxygen atoms in total. The summed E-state index contributed by atoms with van der Waals surface area (Å²) in [6.45, 7) is 11.1. The topological polar surface area (TPSA) is 55.6 Å². The Bertz CT molecular complexity index is 242. The van der Waals surface area contributed by atoms with Crippen LogP contribution < -0.4 is 5.73 Å². The summed E-state index contributed by atoms with van der Waals surface area (Å²) in [5, 5.41) is 0. The van der Waals surface area contributed by atoms with Crippen LogP contribution >= 0.6 is 0 Å². The molecule has 0 aliphatic heterocycles. The van der Waals surface area contributed by atoms with Crippen molar-refractivity contribution < 1.29 is 9.53 Å². The first-order valence-corrected chi connectivity index (χ1v) is 6.83. The molecule has 0 aliphatic carbocycles. The van der Waals surface area contributed by atoms with E-state index in [0.717, 1.165) is 19.5 Å². The molecule has 0 saturated heterocycles. The molecule has 0 bridgehead atoms. The minimum absolute atomic E-state index is 0.0185. The Kier molecular flexibility index (Phi) is 8.20. The van der Waals surface area contributed by atoms with Crippen molar-refractivity contribution in [2.24, 2.45) is 17.1 Å². The summed E-state index contributed by atoms with van der Waals surface area (Å²) in [6, 6.07) is 0. The number of amides is 1. The molecule has 0 aromatic carbocycles. The van der Waals surface area contributed by atoms with E-state index >= 15 is 0 Å². The van der Waals surface area contributed by atoms with Gasteiger partial charge in [-0.2, -0.15) is 0 Å². The summed E-state index contributed by atoms with van der Waals surface area (Å²) in [4.78, 5) is 14.2. The number of nitrogens with zero attached hydrogens (tertiary/aromatic N) is 1. The van der Waals surface area contributed by atoms with Crippen molar-refractivity contribution in [3.63, 3.8) is 0 Å². The Labute approximate surface area is 112 Å². The molecule has 18 heavy (non-hydrogen) atoms. The van der Waals surface area contributed by atoms with Gasteiger partial charge in [-0.25, -0.2) is 0 Å². The van der Waals surface area contributed by atoms with Crippen LogP contribution in [0.15, 0.2) is 0 Å². The fourth-order valence-corrected chi connectivity index (χ4v) is 1.91. The molecule has 0 aliphatic rings. The number of hydrogen-bond donors (Lipinski definition) is 1. The van der Waals surface area contributed by atoms with Gasteiger partial charge in [-0.1, -0.05) is 27.7 Å². The third kappa shape index (κ3) is 6.97. The molecular weight excluding hydrogens is 228 g/mol. The van der Waals surface area contributed by atoms with Gasteiger partial charge in [0.1, 0.15) is 0 Å². The Morgan fingerprint density at radius 2 is 2.06 bits per heavy atom. The second kappa shape index (κ2) is 8.48. The van der Waals surface area contributed by atoms with E-state index in [2.05, 4.69) is 20.8 Å². The van der Waals surface area contributed by atoms with E-state index in [0.29, 0.717) is 19.6 Å². The average Bonchev–Trinajstić information content (AvgIpc) is 2.28. The molecule has 0 saturated carbocycles. The largest absolute Gasteiger partial charge is 0.384 e. The van der Waals surface area contributed by atoms with Gasteiger partial charge in [-0.15, -0.1) is 0 Å². The Hall–Kier alpha value is -0.610. The van der Waals surface area contributed by atoms with Crippen LogP contribution in [-0.4, -0.2) is 44.2 Å². The highest BCUT2D eigenvalue weighted by Gasteiger charge is 2.24. The molecule has 108 valence electrons. The van der Waals surface area contributed by atoms with Gasteiger partial charge < -0.3 is 15.4 Å². The van der Waals surface area contributed by atoms with Gasteiger partial charge in [-0.3, -0.25) is 4.79 Å². The molecule has 0 heterocycles. The number of methoxy groups -OCH3 is 1. The predicted molar refractivity (Wildman–Crippen MR) is 75.4 cm³/mol. The smallest absolute Gasteiger partial charge is 0.222 e. The third-order valence-corrected chi connectivity index (χ3v) is 2.99. The first-order chi connectivity index (χ1) is 8.36. The van der Waals surface area contributed by atoms with Crippen LogP contribution in [0.3, 0.4) is 0 Å². The van der Waals surface area contributed by atoms with Gasteiger partial charge in [0, 0.05) is 33.2 Å². The number of carbonyl (C=O) groups excluding carboxylic acids is 1. The zero-order valence-electron chi connectivity index (χ0n) is 12.7. The molecule has 0 aromatic rings. The van der Waals surface area contributed by atoms with Crippen LogP contribution in [0.4, 0.5) is 0 Å². The minimum atomic E-state index is -0.0185. The lowest BCUT2D eigenvalue weighted by atomic mass is 9.92. The lowest BCUT2D eigenvalue weighted by Crippen LogP contribution is -2.43. The number of ether oxygens (including phenoxy) is 1. The fourth-order valence-electron chi connectivity index (χ4n) is 1.91. The maximum absolute atomic E-state index is 12.2. The van der Waals surface area contributed by atoms with Crippen LogP contribution in [0.1, 0.15) is 40.5 Å². The first-order valence-electron chi connectivity index (χ1n) is 6.83. The summed E-state index contributed by atoms with van der Waals surface area (Å²) < 4.78 is 5.08. The summed E-state index contributed by atoms with van der Waals surface area (Å²) in [6.07, 6.45) is 1.53. The van der Waals surface area contributed by atoms with Gasteiger partial charge >= 0.3 is 0 Å². The van der Waals surface area contributed by atoms with E-state index in [1.807, 2.05) is 11.8 Å². The third-order valence-electron chi connectivity index (χ3n) is 2.99. The highest BCUT2D eigenvalue weighted by molar-refractivity contribution is 5.76. The molecule has 0 aromatic heterocycles. The van der Waals surface area contributed by atoms with E-state index in [4.69, 9.17) is 10.5 Å². The first kappa shape index (κ1) is 17.4. The lowest BCUT2D eigenvalue weighted by molar-refractivity contribution is -0.133. The SMILES string of the molecule is CCCN(CC(C)(C)CN)C(=O)CC(C)COC. The molecule has 4 heteroatoms. The standard InChI is InChI=1S/C14H30N2O2/c1-6-7-16(11-14(3,4)10-15)13(17)8-12(2)9-18-5/h12H,6-11,15H2,1-5H3. The van der Waals surface area contributed by atoms with Crippen LogP contribution in [0.5, 0.6) is 0 Å². The van der Waals surface area contributed by atoms with Gasteiger partial charge in [0.15, 0.2) is 0 Å². The van der Waals surface area contributed by atoms with Crippen molar-refractivity contribution in [2.45, 2.75) is 40.5 Å². The highest BCUT2D eigenvalue weighted by Crippen LogP contribution is 2.17. The maximum Gasteiger partial charge on any atom is 0.222 e. The second-order valence-corrected chi connectivity index (χ2v) is 5.95. The molecule has 0 radical (unpaired) electrons. The van der Waals surface area contributed by atoms with Crippen LogP contribution in [0, 0.1) is 11.3 Å². The number of hydrogen-bond acceptors (Lipinski definition) is 3. The second-order valence-electron chi connectivity index (χ2n) is 5.95. The molecule has 1 amide bonds. The molecule has 1 atom stereocenters. The monoisotopic (exact) mass is 258 g/mol. The highest BCUT2D eigenvalue weighted by atomic mass is 16.5.